The van der Waals surface area contributed by atoms with E-state index in [0.717, 1.165) is 0 Å². The van der Waals surface area contributed by atoms with E-state index in [1.54, 1.807) is 48.5 Å². The lowest BCUT2D eigenvalue weighted by atomic mass is 10.2. The van der Waals surface area contributed by atoms with Crippen molar-refractivity contribution in [3.63, 3.8) is 0 Å². The predicted molar refractivity (Wildman–Crippen MR) is 113 cm³/mol. The minimum atomic E-state index is -0.387. The van der Waals surface area contributed by atoms with Gasteiger partial charge in [-0.1, -0.05) is 18.2 Å². The van der Waals surface area contributed by atoms with Crippen LogP contribution >= 0.6 is 12.2 Å². The number of rotatable bonds is 8. The van der Waals surface area contributed by atoms with Crippen LogP contribution in [0.2, 0.25) is 0 Å². The second-order valence-electron chi connectivity index (χ2n) is 5.71. The Morgan fingerprint density at radius 3 is 2.43 bits per heavy atom. The Morgan fingerprint density at radius 1 is 1.00 bits per heavy atom. The van der Waals surface area contributed by atoms with E-state index < -0.39 is 0 Å². The number of benzene rings is 2. The van der Waals surface area contributed by atoms with Crippen LogP contribution in [0.1, 0.15) is 24.2 Å². The summed E-state index contributed by atoms with van der Waals surface area (Å²) in [5.74, 6) is -0.105. The molecular formula is C20H23N3O4S. The summed E-state index contributed by atoms with van der Waals surface area (Å²) in [6, 6.07) is 13.9. The zero-order chi connectivity index (χ0) is 20.4. The second kappa shape index (κ2) is 11.0. The lowest BCUT2D eigenvalue weighted by molar-refractivity contribution is -0.114. The smallest absolute Gasteiger partial charge is 0.261 e. The molecule has 3 N–H and O–H groups in total. The molecule has 0 heterocycles. The van der Waals surface area contributed by atoms with Crippen molar-refractivity contribution in [2.24, 2.45) is 0 Å². The first-order valence-electron chi connectivity index (χ1n) is 8.79. The summed E-state index contributed by atoms with van der Waals surface area (Å²) in [5, 5.41) is 8.37. The number of nitrogens with one attached hydrogen (secondary N) is 3. The Morgan fingerprint density at radius 2 is 1.71 bits per heavy atom. The Bertz CT molecular complexity index is 842. The van der Waals surface area contributed by atoms with Gasteiger partial charge in [0.05, 0.1) is 12.2 Å². The molecule has 0 aliphatic heterocycles. The maximum atomic E-state index is 12.6. The Kier molecular flexibility index (Phi) is 8.38. The number of hydrogen-bond donors (Lipinski definition) is 3. The fourth-order valence-electron chi connectivity index (χ4n) is 2.35. The van der Waals surface area contributed by atoms with E-state index in [4.69, 9.17) is 21.7 Å². The third-order valence-electron chi connectivity index (χ3n) is 3.49. The third kappa shape index (κ3) is 6.98. The molecule has 2 aromatic carbocycles. The Balaban J connectivity index is 1.97. The van der Waals surface area contributed by atoms with Crippen molar-refractivity contribution in [2.75, 3.05) is 30.5 Å². The van der Waals surface area contributed by atoms with Gasteiger partial charge in [0.1, 0.15) is 12.4 Å². The molecule has 148 valence electrons. The molecule has 28 heavy (non-hydrogen) atoms. The number of para-hydroxylation sites is 1. The second-order valence-corrected chi connectivity index (χ2v) is 6.12. The molecule has 2 aromatic rings. The van der Waals surface area contributed by atoms with Crippen LogP contribution in [0.4, 0.5) is 11.4 Å². The molecule has 2 amide bonds. The molecule has 8 heteroatoms. The van der Waals surface area contributed by atoms with Gasteiger partial charge in [0.15, 0.2) is 5.11 Å². The van der Waals surface area contributed by atoms with E-state index in [-0.39, 0.29) is 16.9 Å². The van der Waals surface area contributed by atoms with Crippen molar-refractivity contribution in [1.29, 1.82) is 0 Å². The SMILES string of the molecule is CCOCCOc1ccccc1C(=O)NC(=S)Nc1cccc(NC(C)=O)c1. The number of hydrogen-bond acceptors (Lipinski definition) is 5. The number of anilines is 2. The number of carbonyl (C=O) groups excluding carboxylic acids is 2. The average molecular weight is 401 g/mol. The molecule has 0 aliphatic carbocycles. The molecule has 0 saturated carbocycles. The summed E-state index contributed by atoms with van der Waals surface area (Å²) in [5.41, 5.74) is 1.63. The van der Waals surface area contributed by atoms with Gasteiger partial charge in [0.25, 0.3) is 5.91 Å². The molecule has 0 spiro atoms. The van der Waals surface area contributed by atoms with Gasteiger partial charge in [-0.15, -0.1) is 0 Å². The standard InChI is InChI=1S/C20H23N3O4S/c1-3-26-11-12-27-18-10-5-4-9-17(18)19(25)23-20(28)22-16-8-6-7-15(13-16)21-14(2)24/h4-10,13H,3,11-12H2,1-2H3,(H,21,24)(H2,22,23,25,28). The van der Waals surface area contributed by atoms with Crippen molar-refractivity contribution in [1.82, 2.24) is 5.32 Å². The molecule has 7 nitrogen and oxygen atoms in total. The zero-order valence-corrected chi connectivity index (χ0v) is 16.6. The number of ether oxygens (including phenoxy) is 2. The van der Waals surface area contributed by atoms with Crippen LogP contribution in [0.15, 0.2) is 48.5 Å². The molecule has 0 saturated heterocycles. The topological polar surface area (TPSA) is 88.7 Å². The largest absolute Gasteiger partial charge is 0.490 e. The summed E-state index contributed by atoms with van der Waals surface area (Å²) >= 11 is 5.22. The van der Waals surface area contributed by atoms with Crippen molar-refractivity contribution >= 4 is 40.5 Å². The Hall–Kier alpha value is -2.97. The zero-order valence-electron chi connectivity index (χ0n) is 15.8. The van der Waals surface area contributed by atoms with Crippen LogP contribution in [0.25, 0.3) is 0 Å². The van der Waals surface area contributed by atoms with Crippen LogP contribution in [-0.4, -0.2) is 36.7 Å². The molecule has 0 atom stereocenters. The molecule has 0 aliphatic rings. The quantitative estimate of drug-likeness (QED) is 0.465. The van der Waals surface area contributed by atoms with Crippen LogP contribution in [-0.2, 0) is 9.53 Å². The van der Waals surface area contributed by atoms with E-state index >= 15 is 0 Å². The van der Waals surface area contributed by atoms with Gasteiger partial charge in [0.2, 0.25) is 5.91 Å². The van der Waals surface area contributed by atoms with E-state index in [9.17, 15) is 9.59 Å². The van der Waals surface area contributed by atoms with Crippen molar-refractivity contribution in [2.45, 2.75) is 13.8 Å². The van der Waals surface area contributed by atoms with Crippen molar-refractivity contribution in [3.8, 4) is 5.75 Å². The van der Waals surface area contributed by atoms with Gasteiger partial charge >= 0.3 is 0 Å². The molecular weight excluding hydrogens is 378 g/mol. The number of carbonyl (C=O) groups is 2. The lowest BCUT2D eigenvalue weighted by Gasteiger charge is -2.13. The molecule has 2 rings (SSSR count). The minimum Gasteiger partial charge on any atom is -0.490 e. The van der Waals surface area contributed by atoms with Gasteiger partial charge in [-0.3, -0.25) is 14.9 Å². The van der Waals surface area contributed by atoms with E-state index in [1.165, 1.54) is 6.92 Å². The predicted octanol–water partition coefficient (Wildman–Crippen LogP) is 3.19. The number of amides is 2. The normalized spacial score (nSPS) is 10.1. The highest BCUT2D eigenvalue weighted by molar-refractivity contribution is 7.80. The van der Waals surface area contributed by atoms with E-state index in [1.807, 2.05) is 6.92 Å². The van der Waals surface area contributed by atoms with E-state index in [2.05, 4.69) is 16.0 Å². The van der Waals surface area contributed by atoms with Crippen LogP contribution in [0, 0.1) is 0 Å². The maximum Gasteiger partial charge on any atom is 0.261 e. The minimum absolute atomic E-state index is 0.133. The summed E-state index contributed by atoms with van der Waals surface area (Å²) in [6.45, 7) is 4.72. The van der Waals surface area contributed by atoms with Crippen LogP contribution in [0.5, 0.6) is 5.75 Å². The molecule has 0 aromatic heterocycles. The van der Waals surface area contributed by atoms with Crippen molar-refractivity contribution < 1.29 is 19.1 Å². The monoisotopic (exact) mass is 401 g/mol. The first-order chi connectivity index (χ1) is 13.5. The Labute approximate surface area is 169 Å². The van der Waals surface area contributed by atoms with Gasteiger partial charge in [-0.05, 0) is 49.5 Å². The summed E-state index contributed by atoms with van der Waals surface area (Å²) in [6.07, 6.45) is 0. The maximum absolute atomic E-state index is 12.6. The van der Waals surface area contributed by atoms with Gasteiger partial charge in [-0.25, -0.2) is 0 Å². The summed E-state index contributed by atoms with van der Waals surface area (Å²) < 4.78 is 10.9. The van der Waals surface area contributed by atoms with Crippen LogP contribution in [0.3, 0.4) is 0 Å². The first-order valence-corrected chi connectivity index (χ1v) is 9.20. The average Bonchev–Trinajstić information content (AvgIpc) is 2.65. The van der Waals surface area contributed by atoms with E-state index in [0.29, 0.717) is 42.5 Å². The molecule has 0 radical (unpaired) electrons. The summed E-state index contributed by atoms with van der Waals surface area (Å²) in [7, 11) is 0. The third-order valence-corrected chi connectivity index (χ3v) is 3.69. The highest BCUT2D eigenvalue weighted by Gasteiger charge is 2.13. The van der Waals surface area contributed by atoms with Gasteiger partial charge in [-0.2, -0.15) is 0 Å². The first kappa shape index (κ1) is 21.3. The van der Waals surface area contributed by atoms with Crippen LogP contribution < -0.4 is 20.7 Å². The number of thiocarbonyl (C=S) groups is 1. The van der Waals surface area contributed by atoms with Crippen molar-refractivity contribution in [3.05, 3.63) is 54.1 Å². The highest BCUT2D eigenvalue weighted by Crippen LogP contribution is 2.18. The lowest BCUT2D eigenvalue weighted by Crippen LogP contribution is -2.34. The summed E-state index contributed by atoms with van der Waals surface area (Å²) in [4.78, 5) is 23.7. The highest BCUT2D eigenvalue weighted by atomic mass is 32.1. The fraction of sp³-hybridized carbons (Fsp3) is 0.250. The molecule has 0 bridgehead atoms. The molecule has 0 unspecified atom stereocenters. The van der Waals surface area contributed by atoms with Gasteiger partial charge in [0, 0.05) is 24.9 Å². The fourth-order valence-corrected chi connectivity index (χ4v) is 2.56. The van der Waals surface area contributed by atoms with Gasteiger partial charge < -0.3 is 20.1 Å². The molecule has 0 fully saturated rings.